The van der Waals surface area contributed by atoms with Gasteiger partial charge < -0.3 is 10.2 Å². The second-order valence-electron chi connectivity index (χ2n) is 7.62. The molecule has 0 spiro atoms. The lowest BCUT2D eigenvalue weighted by molar-refractivity contribution is -0.138. The summed E-state index contributed by atoms with van der Waals surface area (Å²) >= 11 is 20.3. The van der Waals surface area contributed by atoms with Gasteiger partial charge in [0.1, 0.15) is 6.04 Å². The van der Waals surface area contributed by atoms with Crippen molar-refractivity contribution in [2.24, 2.45) is 5.92 Å². The Morgan fingerprint density at radius 2 is 1.58 bits per heavy atom. The average molecular weight is 502 g/mol. The Labute approximate surface area is 203 Å². The van der Waals surface area contributed by atoms with Crippen LogP contribution in [0.2, 0.25) is 15.1 Å². The molecule has 0 fully saturated rings. The van der Waals surface area contributed by atoms with Crippen LogP contribution in [0.15, 0.2) is 42.5 Å². The second-order valence-corrected chi connectivity index (χ2v) is 9.83. The molecule has 0 heterocycles. The highest BCUT2D eigenvalue weighted by atomic mass is 35.5. The van der Waals surface area contributed by atoms with Crippen LogP contribution < -0.4 is 5.32 Å². The summed E-state index contributed by atoms with van der Waals surface area (Å²) in [7, 11) is 0. The van der Waals surface area contributed by atoms with Crippen molar-refractivity contribution in [1.29, 1.82) is 0 Å². The van der Waals surface area contributed by atoms with E-state index in [-0.39, 0.29) is 24.1 Å². The molecule has 1 N–H and O–H groups in total. The Hall–Kier alpha value is -1.40. The molecule has 0 aliphatic heterocycles. The van der Waals surface area contributed by atoms with E-state index in [0.717, 1.165) is 5.56 Å². The fraction of sp³-hybridized carbons (Fsp3) is 0.391. The van der Waals surface area contributed by atoms with Gasteiger partial charge in [-0.05, 0) is 36.6 Å². The van der Waals surface area contributed by atoms with E-state index in [1.165, 1.54) is 16.7 Å². The van der Waals surface area contributed by atoms with Gasteiger partial charge in [-0.1, -0.05) is 72.9 Å². The summed E-state index contributed by atoms with van der Waals surface area (Å²) in [6.07, 6.45) is 0. The van der Waals surface area contributed by atoms with Crippen LogP contribution in [0.4, 0.5) is 0 Å². The maximum atomic E-state index is 13.1. The van der Waals surface area contributed by atoms with Gasteiger partial charge >= 0.3 is 0 Å². The average Bonchev–Trinajstić information content (AvgIpc) is 2.72. The maximum Gasteiger partial charge on any atom is 0.242 e. The van der Waals surface area contributed by atoms with Crippen LogP contribution in [0.1, 0.15) is 31.9 Å². The van der Waals surface area contributed by atoms with E-state index >= 15 is 0 Å². The van der Waals surface area contributed by atoms with Crippen molar-refractivity contribution in [3.8, 4) is 0 Å². The monoisotopic (exact) mass is 500 g/mol. The predicted molar refractivity (Wildman–Crippen MR) is 132 cm³/mol. The van der Waals surface area contributed by atoms with Crippen molar-refractivity contribution in [2.45, 2.75) is 39.1 Å². The number of carbonyl (C=O) groups is 2. The fourth-order valence-electron chi connectivity index (χ4n) is 2.84. The predicted octanol–water partition coefficient (Wildman–Crippen LogP) is 6.07. The van der Waals surface area contributed by atoms with Crippen LogP contribution in [-0.2, 0) is 21.9 Å². The lowest BCUT2D eigenvalue weighted by Crippen LogP contribution is -2.48. The molecule has 4 nitrogen and oxygen atoms in total. The highest BCUT2D eigenvalue weighted by Gasteiger charge is 2.27. The Bertz CT molecular complexity index is 888. The number of rotatable bonds is 10. The van der Waals surface area contributed by atoms with Crippen LogP contribution in [-0.4, -0.2) is 35.1 Å². The third kappa shape index (κ3) is 7.90. The number of benzene rings is 2. The number of nitrogens with zero attached hydrogens (tertiary/aromatic N) is 1. The van der Waals surface area contributed by atoms with E-state index in [9.17, 15) is 9.59 Å². The third-order valence-corrected chi connectivity index (χ3v) is 6.73. The van der Waals surface area contributed by atoms with Gasteiger partial charge in [0.2, 0.25) is 11.8 Å². The molecule has 2 amide bonds. The number of halogens is 3. The molecule has 2 aromatic carbocycles. The molecule has 0 saturated heterocycles. The highest BCUT2D eigenvalue weighted by Crippen LogP contribution is 2.27. The fourth-order valence-corrected chi connectivity index (χ4v) is 4.55. The van der Waals surface area contributed by atoms with Crippen molar-refractivity contribution in [1.82, 2.24) is 10.2 Å². The first-order valence-corrected chi connectivity index (χ1v) is 12.3. The van der Waals surface area contributed by atoms with Crippen molar-refractivity contribution in [2.75, 3.05) is 12.3 Å². The van der Waals surface area contributed by atoms with E-state index in [0.29, 0.717) is 38.8 Å². The van der Waals surface area contributed by atoms with Gasteiger partial charge in [0.25, 0.3) is 0 Å². The van der Waals surface area contributed by atoms with Gasteiger partial charge in [-0.25, -0.2) is 0 Å². The first-order valence-electron chi connectivity index (χ1n) is 10.0. The number of amides is 2. The van der Waals surface area contributed by atoms with Crippen LogP contribution >= 0.6 is 46.6 Å². The molecule has 0 radical (unpaired) electrons. The molecular weight excluding hydrogens is 475 g/mol. The zero-order chi connectivity index (χ0) is 23.0. The van der Waals surface area contributed by atoms with Gasteiger partial charge in [-0.3, -0.25) is 9.59 Å². The van der Waals surface area contributed by atoms with Crippen LogP contribution in [0.5, 0.6) is 0 Å². The Morgan fingerprint density at radius 1 is 0.968 bits per heavy atom. The van der Waals surface area contributed by atoms with Crippen LogP contribution in [0, 0.1) is 5.92 Å². The van der Waals surface area contributed by atoms with Gasteiger partial charge in [0.05, 0.1) is 5.75 Å². The zero-order valence-electron chi connectivity index (χ0n) is 17.8. The minimum atomic E-state index is -0.667. The largest absolute Gasteiger partial charge is 0.354 e. The number of hydrogen-bond acceptors (Lipinski definition) is 3. The van der Waals surface area contributed by atoms with Crippen LogP contribution in [0.25, 0.3) is 0 Å². The summed E-state index contributed by atoms with van der Waals surface area (Å²) in [4.78, 5) is 27.4. The summed E-state index contributed by atoms with van der Waals surface area (Å²) in [5.41, 5.74) is 1.59. The summed E-state index contributed by atoms with van der Waals surface area (Å²) in [6, 6.07) is 12.1. The van der Waals surface area contributed by atoms with Gasteiger partial charge in [-0.15, -0.1) is 11.8 Å². The standard InChI is InChI=1S/C23H27Cl3N2O2S/c1-15(2)11-27-23(30)16(3)28(12-18-20(25)9-6-10-21(18)26)22(29)14-31-13-17-7-4-5-8-19(17)24/h4-10,15-16H,11-14H2,1-3H3,(H,27,30)/t16-/m0/s1. The normalized spacial score (nSPS) is 12.0. The van der Waals surface area contributed by atoms with Crippen LogP contribution in [0.3, 0.4) is 0 Å². The molecule has 0 unspecified atom stereocenters. The minimum absolute atomic E-state index is 0.153. The van der Waals surface area contributed by atoms with Gasteiger partial charge in [-0.2, -0.15) is 0 Å². The molecule has 0 bridgehead atoms. The summed E-state index contributed by atoms with van der Waals surface area (Å²) in [6.45, 7) is 6.45. The molecule has 2 rings (SSSR count). The molecule has 0 aliphatic carbocycles. The van der Waals surface area contributed by atoms with E-state index in [4.69, 9.17) is 34.8 Å². The smallest absolute Gasteiger partial charge is 0.242 e. The van der Waals surface area contributed by atoms with Crippen molar-refractivity contribution >= 4 is 58.4 Å². The minimum Gasteiger partial charge on any atom is -0.354 e. The zero-order valence-corrected chi connectivity index (χ0v) is 20.9. The highest BCUT2D eigenvalue weighted by molar-refractivity contribution is 7.99. The molecule has 31 heavy (non-hydrogen) atoms. The molecular formula is C23H27Cl3N2O2S. The van der Waals surface area contributed by atoms with E-state index in [1.807, 2.05) is 38.1 Å². The molecule has 168 valence electrons. The SMILES string of the molecule is CC(C)CNC(=O)[C@H](C)N(Cc1c(Cl)cccc1Cl)C(=O)CSCc1ccccc1Cl. The molecule has 0 saturated carbocycles. The topological polar surface area (TPSA) is 49.4 Å². The Morgan fingerprint density at radius 3 is 2.19 bits per heavy atom. The van der Waals surface area contributed by atoms with Crippen molar-refractivity contribution in [3.63, 3.8) is 0 Å². The van der Waals surface area contributed by atoms with Gasteiger partial charge in [0.15, 0.2) is 0 Å². The Kier molecular flexibility index (Phi) is 10.5. The lowest BCUT2D eigenvalue weighted by Gasteiger charge is -2.29. The molecule has 0 aliphatic rings. The van der Waals surface area contributed by atoms with Gasteiger partial charge in [0, 0.05) is 39.5 Å². The molecule has 8 heteroatoms. The van der Waals surface area contributed by atoms with E-state index in [2.05, 4.69) is 5.32 Å². The molecule has 0 aromatic heterocycles. The van der Waals surface area contributed by atoms with E-state index < -0.39 is 6.04 Å². The number of thioether (sulfide) groups is 1. The second kappa shape index (κ2) is 12.6. The molecule has 2 aromatic rings. The number of carbonyl (C=O) groups excluding carboxylic acids is 2. The first-order chi connectivity index (χ1) is 14.7. The Balaban J connectivity index is 2.14. The molecule has 1 atom stereocenters. The summed E-state index contributed by atoms with van der Waals surface area (Å²) in [5, 5.41) is 4.49. The lowest BCUT2D eigenvalue weighted by atomic mass is 10.1. The maximum absolute atomic E-state index is 13.1. The summed E-state index contributed by atoms with van der Waals surface area (Å²) in [5.74, 6) is 0.737. The number of nitrogens with one attached hydrogen (secondary N) is 1. The third-order valence-electron chi connectivity index (χ3n) is 4.68. The summed E-state index contributed by atoms with van der Waals surface area (Å²) < 4.78 is 0. The number of hydrogen-bond donors (Lipinski definition) is 1. The first kappa shape index (κ1) is 25.9. The van der Waals surface area contributed by atoms with Crippen molar-refractivity contribution < 1.29 is 9.59 Å². The van der Waals surface area contributed by atoms with E-state index in [1.54, 1.807) is 25.1 Å². The quantitative estimate of drug-likeness (QED) is 0.430. The van der Waals surface area contributed by atoms with Crippen molar-refractivity contribution in [3.05, 3.63) is 68.7 Å².